The molecule has 5 heteroatoms. The van der Waals surface area contributed by atoms with Gasteiger partial charge in [0.05, 0.1) is 5.69 Å². The lowest BCUT2D eigenvalue weighted by Gasteiger charge is -2.36. The standard InChI is InChI=1S/C17H22N2O3/c1-11-5-3-4-6-14(11)19(2)17(21)12-7-8-13-15(9-12)22-10-16(20)18-13/h7-9,11,14H,3-6,10H2,1-2H3,(H,18,20). The van der Waals surface area contributed by atoms with E-state index in [2.05, 4.69) is 12.2 Å². The van der Waals surface area contributed by atoms with E-state index in [1.807, 2.05) is 11.9 Å². The third-order valence-corrected chi connectivity index (χ3v) is 4.75. The second-order valence-electron chi connectivity index (χ2n) is 6.29. The third-order valence-electron chi connectivity index (χ3n) is 4.75. The number of hydrogen-bond donors (Lipinski definition) is 1. The molecule has 1 aromatic carbocycles. The van der Waals surface area contributed by atoms with Gasteiger partial charge in [0, 0.05) is 18.7 Å². The number of benzene rings is 1. The maximum absolute atomic E-state index is 12.7. The molecule has 1 heterocycles. The summed E-state index contributed by atoms with van der Waals surface area (Å²) in [4.78, 5) is 25.9. The molecule has 2 unspecified atom stereocenters. The van der Waals surface area contributed by atoms with E-state index in [0.717, 1.165) is 6.42 Å². The molecule has 0 spiro atoms. The smallest absolute Gasteiger partial charge is 0.262 e. The van der Waals surface area contributed by atoms with Crippen molar-refractivity contribution >= 4 is 17.5 Å². The van der Waals surface area contributed by atoms with Gasteiger partial charge in [0.2, 0.25) is 0 Å². The van der Waals surface area contributed by atoms with Crippen molar-refractivity contribution < 1.29 is 14.3 Å². The lowest BCUT2D eigenvalue weighted by atomic mass is 9.85. The Morgan fingerprint density at radius 3 is 2.86 bits per heavy atom. The minimum Gasteiger partial charge on any atom is -0.482 e. The number of carbonyl (C=O) groups is 2. The van der Waals surface area contributed by atoms with Crippen molar-refractivity contribution in [2.24, 2.45) is 5.92 Å². The monoisotopic (exact) mass is 302 g/mol. The maximum atomic E-state index is 12.7. The normalized spacial score (nSPS) is 24.0. The molecule has 1 aromatic rings. The summed E-state index contributed by atoms with van der Waals surface area (Å²) in [6.45, 7) is 2.22. The van der Waals surface area contributed by atoms with Crippen molar-refractivity contribution in [2.45, 2.75) is 38.6 Å². The fourth-order valence-electron chi connectivity index (χ4n) is 3.43. The topological polar surface area (TPSA) is 58.6 Å². The molecule has 2 atom stereocenters. The predicted octanol–water partition coefficient (Wildman–Crippen LogP) is 2.67. The molecule has 1 aliphatic heterocycles. The van der Waals surface area contributed by atoms with E-state index in [4.69, 9.17) is 4.74 Å². The van der Waals surface area contributed by atoms with Crippen LogP contribution in [0.15, 0.2) is 18.2 Å². The minimum atomic E-state index is -0.167. The Bertz CT molecular complexity index is 600. The van der Waals surface area contributed by atoms with Crippen molar-refractivity contribution in [1.82, 2.24) is 4.90 Å². The molecule has 2 aliphatic rings. The summed E-state index contributed by atoms with van der Waals surface area (Å²) in [5.41, 5.74) is 1.23. The molecule has 0 saturated heterocycles. The predicted molar refractivity (Wildman–Crippen MR) is 84.1 cm³/mol. The van der Waals surface area contributed by atoms with Crippen LogP contribution in [0.1, 0.15) is 43.0 Å². The average molecular weight is 302 g/mol. The second-order valence-corrected chi connectivity index (χ2v) is 6.29. The first kappa shape index (κ1) is 14.9. The highest BCUT2D eigenvalue weighted by Gasteiger charge is 2.29. The number of rotatable bonds is 2. The van der Waals surface area contributed by atoms with E-state index in [-0.39, 0.29) is 18.4 Å². The van der Waals surface area contributed by atoms with Gasteiger partial charge in [-0.05, 0) is 37.0 Å². The number of anilines is 1. The van der Waals surface area contributed by atoms with Crippen LogP contribution in [-0.2, 0) is 4.79 Å². The maximum Gasteiger partial charge on any atom is 0.262 e. The highest BCUT2D eigenvalue weighted by Crippen LogP contribution is 2.31. The largest absolute Gasteiger partial charge is 0.482 e. The third kappa shape index (κ3) is 2.80. The van der Waals surface area contributed by atoms with E-state index < -0.39 is 0 Å². The van der Waals surface area contributed by atoms with Gasteiger partial charge in [-0.1, -0.05) is 19.8 Å². The molecular weight excluding hydrogens is 280 g/mol. The molecule has 0 bridgehead atoms. The van der Waals surface area contributed by atoms with E-state index in [1.165, 1.54) is 19.3 Å². The molecule has 0 radical (unpaired) electrons. The average Bonchev–Trinajstić information content (AvgIpc) is 2.53. The van der Waals surface area contributed by atoms with Crippen LogP contribution >= 0.6 is 0 Å². The van der Waals surface area contributed by atoms with Crippen LogP contribution in [0.4, 0.5) is 5.69 Å². The zero-order valence-corrected chi connectivity index (χ0v) is 13.1. The van der Waals surface area contributed by atoms with Crippen LogP contribution in [0.5, 0.6) is 5.75 Å². The van der Waals surface area contributed by atoms with Gasteiger partial charge in [-0.25, -0.2) is 0 Å². The first-order chi connectivity index (χ1) is 10.6. The second kappa shape index (κ2) is 5.99. The summed E-state index contributed by atoms with van der Waals surface area (Å²) in [7, 11) is 1.89. The first-order valence-corrected chi connectivity index (χ1v) is 7.90. The summed E-state index contributed by atoms with van der Waals surface area (Å²) in [6, 6.07) is 5.51. The number of fused-ring (bicyclic) bond motifs is 1. The van der Waals surface area contributed by atoms with Crippen LogP contribution in [0.25, 0.3) is 0 Å². The van der Waals surface area contributed by atoms with Crippen LogP contribution in [0.3, 0.4) is 0 Å². The molecular formula is C17H22N2O3. The molecule has 22 heavy (non-hydrogen) atoms. The van der Waals surface area contributed by atoms with Gasteiger partial charge in [0.15, 0.2) is 6.61 Å². The van der Waals surface area contributed by atoms with Crippen molar-refractivity contribution in [2.75, 3.05) is 19.0 Å². The SMILES string of the molecule is CC1CCCCC1N(C)C(=O)c1ccc2c(c1)OCC(=O)N2. The molecule has 2 amide bonds. The highest BCUT2D eigenvalue weighted by atomic mass is 16.5. The lowest BCUT2D eigenvalue weighted by Crippen LogP contribution is -2.42. The molecule has 1 saturated carbocycles. The van der Waals surface area contributed by atoms with E-state index in [9.17, 15) is 9.59 Å². The van der Waals surface area contributed by atoms with Gasteiger partial charge in [0.25, 0.3) is 11.8 Å². The van der Waals surface area contributed by atoms with Crippen molar-refractivity contribution in [3.05, 3.63) is 23.8 Å². The quantitative estimate of drug-likeness (QED) is 0.913. The summed E-state index contributed by atoms with van der Waals surface area (Å²) in [5, 5.41) is 2.74. The van der Waals surface area contributed by atoms with Gasteiger partial charge < -0.3 is 15.0 Å². The molecule has 1 fully saturated rings. The zero-order valence-electron chi connectivity index (χ0n) is 13.1. The van der Waals surface area contributed by atoms with E-state index in [0.29, 0.717) is 29.0 Å². The van der Waals surface area contributed by atoms with Crippen molar-refractivity contribution in [3.63, 3.8) is 0 Å². The lowest BCUT2D eigenvalue weighted by molar-refractivity contribution is -0.118. The number of nitrogens with zero attached hydrogens (tertiary/aromatic N) is 1. The molecule has 5 nitrogen and oxygen atoms in total. The van der Waals surface area contributed by atoms with Gasteiger partial charge in [0.1, 0.15) is 5.75 Å². The summed E-state index contributed by atoms with van der Waals surface area (Å²) in [6.07, 6.45) is 4.69. The summed E-state index contributed by atoms with van der Waals surface area (Å²) in [5.74, 6) is 0.952. The molecule has 0 aromatic heterocycles. The molecule has 118 valence electrons. The van der Waals surface area contributed by atoms with Crippen molar-refractivity contribution in [1.29, 1.82) is 0 Å². The van der Waals surface area contributed by atoms with Gasteiger partial charge in [-0.15, -0.1) is 0 Å². The Balaban J connectivity index is 1.78. The molecule has 1 N–H and O–H groups in total. The van der Waals surface area contributed by atoms with Crippen molar-refractivity contribution in [3.8, 4) is 5.75 Å². The number of carbonyl (C=O) groups excluding carboxylic acids is 2. The van der Waals surface area contributed by atoms with Crippen LogP contribution in [-0.4, -0.2) is 36.4 Å². The van der Waals surface area contributed by atoms with Crippen LogP contribution in [0.2, 0.25) is 0 Å². The summed E-state index contributed by atoms with van der Waals surface area (Å²) < 4.78 is 5.39. The first-order valence-electron chi connectivity index (χ1n) is 7.90. The summed E-state index contributed by atoms with van der Waals surface area (Å²) >= 11 is 0. The number of hydrogen-bond acceptors (Lipinski definition) is 3. The van der Waals surface area contributed by atoms with Gasteiger partial charge >= 0.3 is 0 Å². The fraction of sp³-hybridized carbons (Fsp3) is 0.529. The highest BCUT2D eigenvalue weighted by molar-refractivity contribution is 5.99. The van der Waals surface area contributed by atoms with E-state index >= 15 is 0 Å². The Hall–Kier alpha value is -2.04. The molecule has 3 rings (SSSR count). The minimum absolute atomic E-state index is 0.000141. The zero-order chi connectivity index (χ0) is 15.7. The Labute approximate surface area is 130 Å². The molecule has 1 aliphatic carbocycles. The van der Waals surface area contributed by atoms with Crippen LogP contribution in [0, 0.1) is 5.92 Å². The number of nitrogens with one attached hydrogen (secondary N) is 1. The van der Waals surface area contributed by atoms with Gasteiger partial charge in [-0.2, -0.15) is 0 Å². The number of amides is 2. The Morgan fingerprint density at radius 2 is 2.09 bits per heavy atom. The Kier molecular flexibility index (Phi) is 4.05. The van der Waals surface area contributed by atoms with Crippen LogP contribution < -0.4 is 10.1 Å². The van der Waals surface area contributed by atoms with E-state index in [1.54, 1.807) is 18.2 Å². The Morgan fingerprint density at radius 1 is 1.32 bits per heavy atom. The number of ether oxygens (including phenoxy) is 1. The fourth-order valence-corrected chi connectivity index (χ4v) is 3.43. The van der Waals surface area contributed by atoms with Gasteiger partial charge in [-0.3, -0.25) is 9.59 Å².